The molecule has 206 valence electrons. The third kappa shape index (κ3) is 5.09. The lowest BCUT2D eigenvalue weighted by Crippen LogP contribution is -2.31. The molecule has 0 spiro atoms. The number of benzene rings is 2. The number of fused-ring (bicyclic) bond motifs is 1. The van der Waals surface area contributed by atoms with E-state index in [1.165, 1.54) is 54.6 Å². The first-order valence-corrected chi connectivity index (χ1v) is 14.8. The largest absolute Gasteiger partial charge is 0.348 e. The molecule has 2 aromatic carbocycles. The molecule has 0 fully saturated rings. The van der Waals surface area contributed by atoms with E-state index in [-0.39, 0.29) is 22.2 Å². The Hall–Kier alpha value is -4.09. The van der Waals surface area contributed by atoms with Gasteiger partial charge in [0.2, 0.25) is 9.84 Å². The maximum atomic E-state index is 15.3. The summed E-state index contributed by atoms with van der Waals surface area (Å²) in [6, 6.07) is 12.0. The van der Waals surface area contributed by atoms with E-state index in [1.54, 1.807) is 30.5 Å². The quantitative estimate of drug-likeness (QED) is 0.310. The molecule has 3 heterocycles. The Bertz CT molecular complexity index is 1720. The van der Waals surface area contributed by atoms with Gasteiger partial charge in [-0.15, -0.1) is 0 Å². The van der Waals surface area contributed by atoms with Gasteiger partial charge in [-0.3, -0.25) is 14.9 Å². The predicted molar refractivity (Wildman–Crippen MR) is 149 cm³/mol. The fourth-order valence-corrected chi connectivity index (χ4v) is 6.60. The standard InChI is InChI=1S/C29H29FN6O3S/c30-25-14-23(36-26-6-4-2-1-3-5-20(26)18-34-36)9-12-27(25)40(38,39)24-10-7-19(8-11-24)15-32-29(37)22-13-21-17-33-35-28(21)31-16-22/h7-14,16-17,34H,1-6,15,18H2,(H,32,37)(H,31,33,35). The summed E-state index contributed by atoms with van der Waals surface area (Å²) < 4.78 is 41.8. The maximum Gasteiger partial charge on any atom is 0.253 e. The van der Waals surface area contributed by atoms with Crippen molar-refractivity contribution in [3.63, 3.8) is 0 Å². The molecule has 3 N–H and O–H groups in total. The van der Waals surface area contributed by atoms with Crippen LogP contribution in [0.3, 0.4) is 0 Å². The number of nitrogens with one attached hydrogen (secondary N) is 3. The number of hydrazine groups is 1. The zero-order chi connectivity index (χ0) is 27.7. The molecule has 0 atom stereocenters. The molecule has 40 heavy (non-hydrogen) atoms. The van der Waals surface area contributed by atoms with Crippen LogP contribution in [0.5, 0.6) is 0 Å². The number of aromatic nitrogens is 3. The van der Waals surface area contributed by atoms with E-state index < -0.39 is 15.7 Å². The highest BCUT2D eigenvalue weighted by Gasteiger charge is 2.27. The van der Waals surface area contributed by atoms with E-state index >= 15 is 4.39 Å². The molecule has 1 amide bonds. The Labute approximate surface area is 231 Å². The Balaban J connectivity index is 1.15. The number of anilines is 1. The van der Waals surface area contributed by atoms with Crippen LogP contribution in [0, 0.1) is 5.82 Å². The van der Waals surface area contributed by atoms with Crippen LogP contribution in [-0.4, -0.2) is 36.1 Å². The number of aromatic amines is 1. The van der Waals surface area contributed by atoms with Crippen molar-refractivity contribution < 1.29 is 17.6 Å². The number of nitrogens with zero attached hydrogens (tertiary/aromatic N) is 3. The molecule has 0 saturated carbocycles. The summed E-state index contributed by atoms with van der Waals surface area (Å²) in [7, 11) is -4.08. The Morgan fingerprint density at radius 2 is 1.80 bits per heavy atom. The van der Waals surface area contributed by atoms with E-state index in [2.05, 4.69) is 25.9 Å². The summed E-state index contributed by atoms with van der Waals surface area (Å²) in [6.07, 6.45) is 9.66. The number of amides is 1. The number of carbonyl (C=O) groups is 1. The monoisotopic (exact) mass is 560 g/mol. The van der Waals surface area contributed by atoms with Gasteiger partial charge in [0.05, 0.1) is 22.3 Å². The minimum atomic E-state index is -4.08. The van der Waals surface area contributed by atoms with Crippen molar-refractivity contribution in [2.24, 2.45) is 0 Å². The molecule has 1 aliphatic heterocycles. The lowest BCUT2D eigenvalue weighted by atomic mass is 9.98. The number of hydrogen-bond donors (Lipinski definition) is 3. The van der Waals surface area contributed by atoms with Crippen molar-refractivity contribution in [1.82, 2.24) is 25.9 Å². The third-order valence-electron chi connectivity index (χ3n) is 7.47. The molecule has 4 aromatic rings. The van der Waals surface area contributed by atoms with E-state index in [0.29, 0.717) is 22.5 Å². The lowest BCUT2D eigenvalue weighted by molar-refractivity contribution is 0.0950. The molecule has 1 aliphatic carbocycles. The third-order valence-corrected chi connectivity index (χ3v) is 9.28. The first-order valence-electron chi connectivity index (χ1n) is 13.4. The fraction of sp³-hybridized carbons (Fsp3) is 0.276. The molecule has 11 heteroatoms. The first kappa shape index (κ1) is 26.1. The van der Waals surface area contributed by atoms with E-state index in [0.717, 1.165) is 37.6 Å². The van der Waals surface area contributed by atoms with Crippen molar-refractivity contribution in [3.8, 4) is 0 Å². The average Bonchev–Trinajstić information content (AvgIpc) is 3.57. The zero-order valence-corrected chi connectivity index (χ0v) is 22.6. The maximum absolute atomic E-state index is 15.3. The SMILES string of the molecule is O=C(NCc1ccc(S(=O)(=O)c2ccc(N3NCC4=C3CCCCCC4)cc2F)cc1)c1cnc2[nH]ncc2c1. The lowest BCUT2D eigenvalue weighted by Gasteiger charge is -2.24. The Kier molecular flexibility index (Phi) is 7.07. The second-order valence-electron chi connectivity index (χ2n) is 10.1. The minimum Gasteiger partial charge on any atom is -0.348 e. The fourth-order valence-electron chi connectivity index (χ4n) is 5.29. The highest BCUT2D eigenvalue weighted by molar-refractivity contribution is 7.91. The second-order valence-corrected chi connectivity index (χ2v) is 12.0. The predicted octanol–water partition coefficient (Wildman–Crippen LogP) is 4.79. The number of carbonyl (C=O) groups excluding carboxylic acids is 1. The molecular weight excluding hydrogens is 531 g/mol. The van der Waals surface area contributed by atoms with E-state index in [4.69, 9.17) is 0 Å². The van der Waals surface area contributed by atoms with Crippen LogP contribution in [0.4, 0.5) is 10.1 Å². The highest BCUT2D eigenvalue weighted by atomic mass is 32.2. The molecule has 2 aliphatic rings. The van der Waals surface area contributed by atoms with Gasteiger partial charge in [-0.1, -0.05) is 25.0 Å². The van der Waals surface area contributed by atoms with Gasteiger partial charge in [0.25, 0.3) is 5.91 Å². The zero-order valence-electron chi connectivity index (χ0n) is 21.8. The number of H-pyrrole nitrogens is 1. The van der Waals surface area contributed by atoms with Crippen LogP contribution >= 0.6 is 0 Å². The first-order chi connectivity index (χ1) is 19.4. The summed E-state index contributed by atoms with van der Waals surface area (Å²) in [5.74, 6) is -1.11. The van der Waals surface area contributed by atoms with Gasteiger partial charge >= 0.3 is 0 Å². The summed E-state index contributed by atoms with van der Waals surface area (Å²) in [5.41, 5.74) is 8.13. The average molecular weight is 561 g/mol. The Morgan fingerprint density at radius 3 is 2.60 bits per heavy atom. The van der Waals surface area contributed by atoms with Gasteiger partial charge in [-0.05, 0) is 67.2 Å². The molecule has 6 rings (SSSR count). The van der Waals surface area contributed by atoms with Crippen molar-refractivity contribution >= 4 is 32.5 Å². The van der Waals surface area contributed by atoms with Crippen LogP contribution < -0.4 is 15.8 Å². The number of sulfone groups is 1. The second kappa shape index (κ2) is 10.8. The summed E-state index contributed by atoms with van der Waals surface area (Å²) in [4.78, 5) is 16.3. The summed E-state index contributed by atoms with van der Waals surface area (Å²) in [6.45, 7) is 0.923. The number of rotatable bonds is 6. The van der Waals surface area contributed by atoms with Crippen LogP contribution in [-0.2, 0) is 16.4 Å². The molecule has 0 saturated heterocycles. The molecule has 0 bridgehead atoms. The van der Waals surface area contributed by atoms with Gasteiger partial charge in [0, 0.05) is 36.4 Å². The van der Waals surface area contributed by atoms with Crippen LogP contribution in [0.15, 0.2) is 82.0 Å². The normalized spacial score (nSPS) is 16.1. The minimum absolute atomic E-state index is 0.0202. The van der Waals surface area contributed by atoms with Gasteiger partial charge in [0.1, 0.15) is 10.7 Å². The van der Waals surface area contributed by atoms with Gasteiger partial charge in [0.15, 0.2) is 5.65 Å². The van der Waals surface area contributed by atoms with Gasteiger partial charge < -0.3 is 5.32 Å². The van der Waals surface area contributed by atoms with E-state index in [9.17, 15) is 13.2 Å². The van der Waals surface area contributed by atoms with E-state index in [1.807, 2.05) is 5.01 Å². The van der Waals surface area contributed by atoms with Gasteiger partial charge in [-0.2, -0.15) is 5.10 Å². The van der Waals surface area contributed by atoms with Crippen molar-refractivity contribution in [3.05, 3.63) is 89.1 Å². The van der Waals surface area contributed by atoms with Crippen molar-refractivity contribution in [2.75, 3.05) is 11.6 Å². The Morgan fingerprint density at radius 1 is 1.00 bits per heavy atom. The smallest absolute Gasteiger partial charge is 0.253 e. The van der Waals surface area contributed by atoms with Crippen LogP contribution in [0.2, 0.25) is 0 Å². The number of allylic oxidation sites excluding steroid dienone is 1. The molecule has 0 unspecified atom stereocenters. The summed E-state index contributed by atoms with van der Waals surface area (Å²) >= 11 is 0. The molecule has 2 aromatic heterocycles. The molecule has 0 radical (unpaired) electrons. The number of pyridine rings is 1. The highest BCUT2D eigenvalue weighted by Crippen LogP contribution is 2.34. The summed E-state index contributed by atoms with van der Waals surface area (Å²) in [5, 5.41) is 12.1. The molecular formula is C29H29FN6O3S. The van der Waals surface area contributed by atoms with Crippen molar-refractivity contribution in [1.29, 1.82) is 0 Å². The van der Waals surface area contributed by atoms with Crippen LogP contribution in [0.1, 0.15) is 54.4 Å². The van der Waals surface area contributed by atoms with Crippen molar-refractivity contribution in [2.45, 2.75) is 54.9 Å². The topological polar surface area (TPSA) is 120 Å². The van der Waals surface area contributed by atoms with Crippen LogP contribution in [0.25, 0.3) is 11.0 Å². The number of hydrogen-bond acceptors (Lipinski definition) is 7. The number of halogens is 1. The molecule has 9 nitrogen and oxygen atoms in total. The van der Waals surface area contributed by atoms with Gasteiger partial charge in [-0.25, -0.2) is 23.2 Å².